The van der Waals surface area contributed by atoms with Crippen molar-refractivity contribution in [3.8, 4) is 17.1 Å². The van der Waals surface area contributed by atoms with Crippen LogP contribution in [-0.4, -0.2) is 21.5 Å². The number of fused-ring (bicyclic) bond motifs is 1. The molecule has 0 saturated heterocycles. The number of nitro groups is 1. The van der Waals surface area contributed by atoms with E-state index in [1.54, 1.807) is 12.1 Å². The molecule has 0 fully saturated rings. The lowest BCUT2D eigenvalue weighted by Crippen LogP contribution is -2.13. The zero-order valence-corrected chi connectivity index (χ0v) is 14.0. The minimum Gasteiger partial charge on any atom is -0.491 e. The van der Waals surface area contributed by atoms with E-state index < -0.39 is 4.92 Å². The molecule has 7 heteroatoms. The SMILES string of the molecule is Cc1cc(NC2COc3ccccc32)nc(-c2cccc([N+](=O)[O-])c2)n1. The molecule has 0 aliphatic carbocycles. The van der Waals surface area contributed by atoms with Gasteiger partial charge in [0.25, 0.3) is 5.69 Å². The second-order valence-electron chi connectivity index (χ2n) is 6.07. The van der Waals surface area contributed by atoms with E-state index in [0.717, 1.165) is 17.0 Å². The zero-order valence-electron chi connectivity index (χ0n) is 14.0. The van der Waals surface area contributed by atoms with Crippen LogP contribution >= 0.6 is 0 Å². The highest BCUT2D eigenvalue weighted by Gasteiger charge is 2.24. The molecule has 1 aliphatic rings. The molecule has 7 nitrogen and oxygen atoms in total. The molecule has 26 heavy (non-hydrogen) atoms. The van der Waals surface area contributed by atoms with Crippen LogP contribution in [-0.2, 0) is 0 Å². The molecule has 0 radical (unpaired) electrons. The van der Waals surface area contributed by atoms with Crippen LogP contribution in [0.3, 0.4) is 0 Å². The molecule has 1 unspecified atom stereocenters. The molecule has 4 rings (SSSR count). The fourth-order valence-corrected chi connectivity index (χ4v) is 2.99. The van der Waals surface area contributed by atoms with E-state index in [1.807, 2.05) is 37.3 Å². The van der Waals surface area contributed by atoms with Crippen molar-refractivity contribution in [2.45, 2.75) is 13.0 Å². The lowest BCUT2D eigenvalue weighted by atomic mass is 10.1. The summed E-state index contributed by atoms with van der Waals surface area (Å²) in [7, 11) is 0. The van der Waals surface area contributed by atoms with Gasteiger partial charge in [0.15, 0.2) is 5.82 Å². The Labute approximate surface area is 149 Å². The summed E-state index contributed by atoms with van der Waals surface area (Å²) in [6.45, 7) is 2.39. The first-order valence-corrected chi connectivity index (χ1v) is 8.19. The molecule has 2 heterocycles. The maximum Gasteiger partial charge on any atom is 0.270 e. The molecular weight excluding hydrogens is 332 g/mol. The number of nitrogens with one attached hydrogen (secondary N) is 1. The van der Waals surface area contributed by atoms with Gasteiger partial charge in [-0.15, -0.1) is 0 Å². The smallest absolute Gasteiger partial charge is 0.270 e. The monoisotopic (exact) mass is 348 g/mol. The van der Waals surface area contributed by atoms with Crippen LogP contribution in [0.2, 0.25) is 0 Å². The third kappa shape index (κ3) is 3.06. The van der Waals surface area contributed by atoms with E-state index in [0.29, 0.717) is 23.8 Å². The number of hydrogen-bond donors (Lipinski definition) is 1. The summed E-state index contributed by atoms with van der Waals surface area (Å²) < 4.78 is 5.69. The van der Waals surface area contributed by atoms with Crippen LogP contribution < -0.4 is 10.1 Å². The summed E-state index contributed by atoms with van der Waals surface area (Å²) in [5.41, 5.74) is 2.48. The van der Waals surface area contributed by atoms with Crippen molar-refractivity contribution >= 4 is 11.5 Å². The molecule has 1 atom stereocenters. The van der Waals surface area contributed by atoms with Crippen LogP contribution in [0, 0.1) is 17.0 Å². The standard InChI is InChI=1S/C19H16N4O3/c1-12-9-18(21-16-11-26-17-8-3-2-7-15(16)17)22-19(20-12)13-5-4-6-14(10-13)23(24)25/h2-10,16H,11H2,1H3,(H,20,21,22). The van der Waals surface area contributed by atoms with Gasteiger partial charge >= 0.3 is 0 Å². The molecule has 0 amide bonds. The number of rotatable bonds is 4. The lowest BCUT2D eigenvalue weighted by molar-refractivity contribution is -0.384. The van der Waals surface area contributed by atoms with Gasteiger partial charge in [-0.3, -0.25) is 10.1 Å². The van der Waals surface area contributed by atoms with Gasteiger partial charge in [-0.2, -0.15) is 0 Å². The lowest BCUT2D eigenvalue weighted by Gasteiger charge is -2.14. The first-order valence-electron chi connectivity index (χ1n) is 8.19. The summed E-state index contributed by atoms with van der Waals surface area (Å²) in [5.74, 6) is 1.97. The van der Waals surface area contributed by atoms with Crippen molar-refractivity contribution in [3.05, 3.63) is 76.0 Å². The number of benzene rings is 2. The van der Waals surface area contributed by atoms with Gasteiger partial charge in [0.1, 0.15) is 18.2 Å². The van der Waals surface area contributed by atoms with Crippen molar-refractivity contribution in [1.82, 2.24) is 9.97 Å². The van der Waals surface area contributed by atoms with E-state index in [-0.39, 0.29) is 11.7 Å². The average molecular weight is 348 g/mol. The minimum absolute atomic E-state index is 0.00143. The Hall–Kier alpha value is -3.48. The number of non-ortho nitro benzene ring substituents is 1. The molecular formula is C19H16N4O3. The van der Waals surface area contributed by atoms with E-state index in [1.165, 1.54) is 12.1 Å². The Morgan fingerprint density at radius 3 is 2.85 bits per heavy atom. The third-order valence-corrected chi connectivity index (χ3v) is 4.19. The normalized spacial score (nSPS) is 15.2. The number of aromatic nitrogens is 2. The van der Waals surface area contributed by atoms with Gasteiger partial charge in [-0.1, -0.05) is 30.3 Å². The first-order chi connectivity index (χ1) is 12.6. The summed E-state index contributed by atoms with van der Waals surface area (Å²) >= 11 is 0. The summed E-state index contributed by atoms with van der Waals surface area (Å²) in [4.78, 5) is 19.5. The average Bonchev–Trinajstić information content (AvgIpc) is 3.04. The second-order valence-corrected chi connectivity index (χ2v) is 6.07. The van der Waals surface area contributed by atoms with Gasteiger partial charge in [-0.05, 0) is 13.0 Å². The van der Waals surface area contributed by atoms with Crippen LogP contribution in [0.4, 0.5) is 11.5 Å². The van der Waals surface area contributed by atoms with E-state index in [9.17, 15) is 10.1 Å². The van der Waals surface area contributed by atoms with Crippen molar-refractivity contribution in [1.29, 1.82) is 0 Å². The van der Waals surface area contributed by atoms with Gasteiger partial charge < -0.3 is 10.1 Å². The van der Waals surface area contributed by atoms with Crippen LogP contribution in [0.5, 0.6) is 5.75 Å². The van der Waals surface area contributed by atoms with Crippen LogP contribution in [0.15, 0.2) is 54.6 Å². The molecule has 0 spiro atoms. The summed E-state index contributed by atoms with van der Waals surface area (Å²) in [6.07, 6.45) is 0. The molecule has 1 aliphatic heterocycles. The largest absolute Gasteiger partial charge is 0.491 e. The predicted molar refractivity (Wildman–Crippen MR) is 97.2 cm³/mol. The number of para-hydroxylation sites is 1. The quantitative estimate of drug-likeness (QED) is 0.568. The fraction of sp³-hybridized carbons (Fsp3) is 0.158. The van der Waals surface area contributed by atoms with Crippen molar-refractivity contribution in [2.75, 3.05) is 11.9 Å². The van der Waals surface area contributed by atoms with Crippen LogP contribution in [0.1, 0.15) is 17.3 Å². The number of anilines is 1. The Morgan fingerprint density at radius 1 is 1.15 bits per heavy atom. The van der Waals surface area contributed by atoms with E-state index in [2.05, 4.69) is 15.3 Å². The fourth-order valence-electron chi connectivity index (χ4n) is 2.99. The third-order valence-electron chi connectivity index (χ3n) is 4.19. The highest BCUT2D eigenvalue weighted by Crippen LogP contribution is 2.34. The van der Waals surface area contributed by atoms with Gasteiger partial charge in [0.05, 0.1) is 11.0 Å². The van der Waals surface area contributed by atoms with Gasteiger partial charge in [0, 0.05) is 35.0 Å². The topological polar surface area (TPSA) is 90.2 Å². The summed E-state index contributed by atoms with van der Waals surface area (Å²) in [5, 5.41) is 14.4. The molecule has 3 aromatic rings. The molecule has 0 bridgehead atoms. The van der Waals surface area contributed by atoms with Gasteiger partial charge in [0.2, 0.25) is 0 Å². The molecule has 0 saturated carbocycles. The maximum absolute atomic E-state index is 11.0. The number of aryl methyl sites for hydroxylation is 1. The Kier molecular flexibility index (Phi) is 3.96. The van der Waals surface area contributed by atoms with Gasteiger partial charge in [-0.25, -0.2) is 9.97 Å². The minimum atomic E-state index is -0.425. The Balaban J connectivity index is 1.65. The summed E-state index contributed by atoms with van der Waals surface area (Å²) in [6, 6.07) is 16.1. The number of ether oxygens (including phenoxy) is 1. The predicted octanol–water partition coefficient (Wildman–Crippen LogP) is 3.91. The number of nitrogens with zero attached hydrogens (tertiary/aromatic N) is 3. The maximum atomic E-state index is 11.0. The Morgan fingerprint density at radius 2 is 2.00 bits per heavy atom. The molecule has 1 aromatic heterocycles. The Bertz CT molecular complexity index is 990. The number of nitro benzene ring substituents is 1. The molecule has 1 N–H and O–H groups in total. The highest BCUT2D eigenvalue weighted by molar-refractivity contribution is 5.61. The van der Waals surface area contributed by atoms with Crippen LogP contribution in [0.25, 0.3) is 11.4 Å². The highest BCUT2D eigenvalue weighted by atomic mass is 16.6. The number of hydrogen-bond acceptors (Lipinski definition) is 6. The molecule has 130 valence electrons. The van der Waals surface area contributed by atoms with E-state index >= 15 is 0 Å². The first kappa shape index (κ1) is 16.0. The van der Waals surface area contributed by atoms with Crippen molar-refractivity contribution in [2.24, 2.45) is 0 Å². The van der Waals surface area contributed by atoms with Crippen molar-refractivity contribution in [3.63, 3.8) is 0 Å². The second kappa shape index (κ2) is 6.44. The molecule has 2 aromatic carbocycles. The van der Waals surface area contributed by atoms with E-state index in [4.69, 9.17) is 4.74 Å². The zero-order chi connectivity index (χ0) is 18.1. The van der Waals surface area contributed by atoms with Crippen molar-refractivity contribution < 1.29 is 9.66 Å².